The van der Waals surface area contributed by atoms with Crippen LogP contribution < -0.4 is 10.8 Å². The zero-order valence-electron chi connectivity index (χ0n) is 20.4. The molecule has 0 aliphatic rings. The molecule has 0 unspecified atom stereocenters. The molecule has 2 heterocycles. The number of nitrogens with zero attached hydrogens (tertiary/aromatic N) is 1. The minimum absolute atomic E-state index is 0.0899. The largest absolute Gasteiger partial charge is 0.505 e. The summed E-state index contributed by atoms with van der Waals surface area (Å²) < 4.78 is 6.91. The van der Waals surface area contributed by atoms with E-state index in [2.05, 4.69) is 0 Å². The summed E-state index contributed by atoms with van der Waals surface area (Å²) in [4.78, 5) is 38.7. The maximum Gasteiger partial charge on any atom is 0.311 e. The molecule has 2 aromatic heterocycles. The second-order valence-electron chi connectivity index (χ2n) is 10.0. The molecule has 3 rings (SSSR count). The third-order valence-electron chi connectivity index (χ3n) is 5.71. The molecule has 3 aromatic rings. The fourth-order valence-corrected chi connectivity index (χ4v) is 4.06. The van der Waals surface area contributed by atoms with Gasteiger partial charge in [0.25, 0.3) is 0 Å². The Balaban J connectivity index is 2.49. The Morgan fingerprint density at radius 3 is 2.24 bits per heavy atom. The molecular weight excluding hydrogens is 454 g/mol. The van der Waals surface area contributed by atoms with Crippen LogP contribution in [0.25, 0.3) is 11.3 Å². The first-order valence-corrected chi connectivity index (χ1v) is 11.5. The molecule has 34 heavy (non-hydrogen) atoms. The molecule has 0 amide bonds. The monoisotopic (exact) mass is 483 g/mol. The highest BCUT2D eigenvalue weighted by Crippen LogP contribution is 2.31. The van der Waals surface area contributed by atoms with Crippen LogP contribution in [-0.4, -0.2) is 27.9 Å². The number of fused-ring (bicyclic) bond motifs is 1. The van der Waals surface area contributed by atoms with E-state index in [-0.39, 0.29) is 30.0 Å². The van der Waals surface area contributed by atoms with Gasteiger partial charge in [0, 0.05) is 39.9 Å². The highest BCUT2D eigenvalue weighted by atomic mass is 35.5. The fourth-order valence-electron chi connectivity index (χ4n) is 3.93. The Kier molecular flexibility index (Phi) is 6.94. The molecule has 0 aliphatic heterocycles. The lowest BCUT2D eigenvalue weighted by Crippen LogP contribution is -2.33. The highest BCUT2D eigenvalue weighted by molar-refractivity contribution is 6.30. The zero-order chi connectivity index (χ0) is 25.4. The minimum atomic E-state index is -0.997. The highest BCUT2D eigenvalue weighted by Gasteiger charge is 2.36. The number of aliphatic hydroxyl groups is 1. The van der Waals surface area contributed by atoms with Crippen LogP contribution in [0.15, 0.2) is 47.4 Å². The second-order valence-corrected chi connectivity index (χ2v) is 10.5. The van der Waals surface area contributed by atoms with E-state index in [4.69, 9.17) is 16.3 Å². The molecule has 1 aromatic carbocycles. The van der Waals surface area contributed by atoms with Gasteiger partial charge < -0.3 is 14.2 Å². The normalized spacial score (nSPS) is 13.1. The third kappa shape index (κ3) is 4.87. The van der Waals surface area contributed by atoms with Gasteiger partial charge in [-0.05, 0) is 57.0 Å². The number of ketones is 1. The summed E-state index contributed by atoms with van der Waals surface area (Å²) in [6.07, 6.45) is 1.66. The summed E-state index contributed by atoms with van der Waals surface area (Å²) in [5, 5.41) is 12.3. The third-order valence-corrected chi connectivity index (χ3v) is 5.96. The molecule has 0 atom stereocenters. The number of esters is 1. The van der Waals surface area contributed by atoms with Gasteiger partial charge in [-0.15, -0.1) is 0 Å². The summed E-state index contributed by atoms with van der Waals surface area (Å²) in [7, 11) is 0. The minimum Gasteiger partial charge on any atom is -0.505 e. The van der Waals surface area contributed by atoms with Crippen molar-refractivity contribution in [3.8, 4) is 0 Å². The van der Waals surface area contributed by atoms with Crippen LogP contribution in [0.5, 0.6) is 0 Å². The lowest BCUT2D eigenvalue weighted by Gasteiger charge is -2.24. The van der Waals surface area contributed by atoms with Gasteiger partial charge in [-0.3, -0.25) is 14.4 Å². The number of carbonyl (C=O) groups excluding carboxylic acids is 2. The molecule has 0 spiro atoms. The maximum absolute atomic E-state index is 13.7. The van der Waals surface area contributed by atoms with E-state index in [0.717, 1.165) is 0 Å². The van der Waals surface area contributed by atoms with E-state index < -0.39 is 16.8 Å². The van der Waals surface area contributed by atoms with Crippen LogP contribution in [0.4, 0.5) is 0 Å². The average Bonchev–Trinajstić information content (AvgIpc) is 3.04. The number of pyridine rings is 1. The average molecular weight is 484 g/mol. The Hall–Kier alpha value is -3.12. The predicted octanol–water partition coefficient (Wildman–Crippen LogP) is 4.75. The number of benzene rings is 1. The van der Waals surface area contributed by atoms with Gasteiger partial charge >= 0.3 is 5.97 Å². The van der Waals surface area contributed by atoms with Crippen LogP contribution in [0.2, 0.25) is 5.02 Å². The van der Waals surface area contributed by atoms with Crippen molar-refractivity contribution in [3.63, 3.8) is 0 Å². The number of hydrogen-bond donors (Lipinski definition) is 1. The van der Waals surface area contributed by atoms with Crippen molar-refractivity contribution in [2.24, 2.45) is 10.8 Å². The smallest absolute Gasteiger partial charge is 0.311 e. The number of halogens is 1. The summed E-state index contributed by atoms with van der Waals surface area (Å²) in [5.74, 6) is -0.700. The Bertz CT molecular complexity index is 1360. The van der Waals surface area contributed by atoms with Crippen LogP contribution in [0.1, 0.15) is 63.0 Å². The molecule has 0 saturated heterocycles. The first-order valence-electron chi connectivity index (χ1n) is 11.2. The number of ether oxygens (including phenoxy) is 1. The van der Waals surface area contributed by atoms with Crippen molar-refractivity contribution in [3.05, 3.63) is 79.9 Å². The molecule has 0 aliphatic carbocycles. The van der Waals surface area contributed by atoms with E-state index in [0.29, 0.717) is 32.6 Å². The Labute approximate surface area is 203 Å². The van der Waals surface area contributed by atoms with Crippen LogP contribution in [-0.2, 0) is 16.0 Å². The Morgan fingerprint density at radius 1 is 1.06 bits per heavy atom. The Morgan fingerprint density at radius 2 is 1.68 bits per heavy atom. The summed E-state index contributed by atoms with van der Waals surface area (Å²) in [6.45, 7) is 10.8. The van der Waals surface area contributed by atoms with Crippen molar-refractivity contribution in [2.75, 3.05) is 6.61 Å². The van der Waals surface area contributed by atoms with Crippen LogP contribution in [0.3, 0.4) is 0 Å². The standard InChI is InChI=1S/C27H30ClNO5/c1-7-34-25(33)27(5,6)15-19-21(24(32)26(2,3)4)20-14-18(30)12-13-29(20)22(19)23(31)16-8-10-17(28)11-9-16/h8-14,31H,7,15H2,1-6H3/b23-22+. The molecule has 0 saturated carbocycles. The summed E-state index contributed by atoms with van der Waals surface area (Å²) in [5.41, 5.74) is -0.353. The molecule has 0 fully saturated rings. The van der Waals surface area contributed by atoms with E-state index in [1.807, 2.05) is 0 Å². The van der Waals surface area contributed by atoms with Gasteiger partial charge in [-0.2, -0.15) is 0 Å². The van der Waals surface area contributed by atoms with Gasteiger partial charge in [0.05, 0.1) is 22.9 Å². The van der Waals surface area contributed by atoms with E-state index in [1.54, 1.807) is 76.4 Å². The van der Waals surface area contributed by atoms with Crippen molar-refractivity contribution in [1.82, 2.24) is 4.40 Å². The predicted molar refractivity (Wildman–Crippen MR) is 133 cm³/mol. The number of aliphatic hydroxyl groups excluding tert-OH is 1. The van der Waals surface area contributed by atoms with Crippen molar-refractivity contribution >= 4 is 34.6 Å². The number of carbonyl (C=O) groups is 2. The van der Waals surface area contributed by atoms with Crippen molar-refractivity contribution < 1.29 is 19.4 Å². The van der Waals surface area contributed by atoms with Gasteiger partial charge in [-0.25, -0.2) is 0 Å². The zero-order valence-corrected chi connectivity index (χ0v) is 21.1. The van der Waals surface area contributed by atoms with Gasteiger partial charge in [0.1, 0.15) is 5.76 Å². The lowest BCUT2D eigenvalue weighted by atomic mass is 9.80. The molecule has 7 heteroatoms. The van der Waals surface area contributed by atoms with E-state index in [1.165, 1.54) is 12.1 Å². The number of rotatable bonds is 6. The first kappa shape index (κ1) is 25.5. The fraction of sp³-hybridized carbons (Fsp3) is 0.370. The van der Waals surface area contributed by atoms with Gasteiger partial charge in [0.2, 0.25) is 0 Å². The van der Waals surface area contributed by atoms with E-state index in [9.17, 15) is 19.5 Å². The first-order chi connectivity index (χ1) is 15.8. The van der Waals surface area contributed by atoms with E-state index >= 15 is 0 Å². The number of hydrogen-bond acceptors (Lipinski definition) is 5. The number of Topliss-reactive ketones (excluding diaryl/α,β-unsaturated/α-hetero) is 1. The van der Waals surface area contributed by atoms with Gasteiger partial charge in [0.15, 0.2) is 11.2 Å². The molecule has 180 valence electrons. The second kappa shape index (κ2) is 9.26. The van der Waals surface area contributed by atoms with Crippen molar-refractivity contribution in [2.45, 2.75) is 48.0 Å². The van der Waals surface area contributed by atoms with Crippen LogP contribution >= 0.6 is 11.6 Å². The van der Waals surface area contributed by atoms with Crippen LogP contribution in [0, 0.1) is 10.8 Å². The van der Waals surface area contributed by atoms with Gasteiger partial charge in [-0.1, -0.05) is 32.4 Å². The lowest BCUT2D eigenvalue weighted by molar-refractivity contribution is -0.153. The molecule has 0 radical (unpaired) electrons. The topological polar surface area (TPSA) is 85.1 Å². The maximum atomic E-state index is 13.7. The molecular formula is C27H30ClNO5. The molecule has 1 N–H and O–H groups in total. The molecule has 0 bridgehead atoms. The quantitative estimate of drug-likeness (QED) is 0.404. The van der Waals surface area contributed by atoms with Crippen molar-refractivity contribution in [1.29, 1.82) is 0 Å². The summed E-state index contributed by atoms with van der Waals surface area (Å²) >= 11 is 6.03. The molecule has 6 nitrogen and oxygen atoms in total. The summed E-state index contributed by atoms with van der Waals surface area (Å²) in [6, 6.07) is 9.41. The SMILES string of the molecule is CCOC(=O)C(C)(C)Cc1c(C(=O)C(C)(C)C)c2cc(=O)ccn2/c1=C(/O)c1ccc(Cl)cc1. The number of aromatic nitrogens is 1.